The second kappa shape index (κ2) is 7.77. The molecule has 6 heteroatoms. The Hall–Kier alpha value is -2.92. The molecule has 0 saturated carbocycles. The van der Waals surface area contributed by atoms with Crippen molar-refractivity contribution in [1.29, 1.82) is 0 Å². The van der Waals surface area contributed by atoms with E-state index in [-0.39, 0.29) is 5.56 Å². The molecule has 3 aromatic rings. The monoisotopic (exact) mass is 355 g/mol. The molecule has 0 aliphatic rings. The molecule has 1 heterocycles. The fourth-order valence-corrected chi connectivity index (χ4v) is 2.33. The number of amides is 1. The summed E-state index contributed by atoms with van der Waals surface area (Å²) in [6, 6.07) is 16.8. The van der Waals surface area contributed by atoms with E-state index in [1.807, 2.05) is 24.3 Å². The molecule has 25 heavy (non-hydrogen) atoms. The first-order chi connectivity index (χ1) is 12.1. The number of pyridine rings is 1. The molecule has 0 fully saturated rings. The second-order valence-electron chi connectivity index (χ2n) is 5.35. The standard InChI is InChI=1S/C19H15ClFN3O/c20-14-7-5-13(6-8-14)11-22-15-9-10-18(23-12-15)24-19(25)16-3-1-2-4-17(16)21/h1-10,12,22H,11H2,(H,23,24,25). The van der Waals surface area contributed by atoms with Gasteiger partial charge in [-0.3, -0.25) is 4.79 Å². The van der Waals surface area contributed by atoms with Gasteiger partial charge < -0.3 is 10.6 Å². The molecule has 3 rings (SSSR count). The number of anilines is 2. The molecule has 1 amide bonds. The van der Waals surface area contributed by atoms with Gasteiger partial charge in [0.25, 0.3) is 5.91 Å². The van der Waals surface area contributed by atoms with E-state index in [0.717, 1.165) is 11.3 Å². The summed E-state index contributed by atoms with van der Waals surface area (Å²) in [4.78, 5) is 16.2. The topological polar surface area (TPSA) is 54.0 Å². The van der Waals surface area contributed by atoms with E-state index in [0.29, 0.717) is 17.4 Å². The highest BCUT2D eigenvalue weighted by molar-refractivity contribution is 6.30. The highest BCUT2D eigenvalue weighted by Crippen LogP contribution is 2.15. The Labute approximate surface area is 149 Å². The lowest BCUT2D eigenvalue weighted by Crippen LogP contribution is -2.14. The summed E-state index contributed by atoms with van der Waals surface area (Å²) in [5, 5.41) is 6.49. The molecule has 126 valence electrons. The van der Waals surface area contributed by atoms with Crippen LogP contribution in [-0.2, 0) is 6.54 Å². The second-order valence-corrected chi connectivity index (χ2v) is 5.78. The van der Waals surface area contributed by atoms with Crippen molar-refractivity contribution in [2.24, 2.45) is 0 Å². The van der Waals surface area contributed by atoms with Crippen LogP contribution in [0.2, 0.25) is 5.02 Å². The fourth-order valence-electron chi connectivity index (χ4n) is 2.21. The Morgan fingerprint density at radius 2 is 1.80 bits per heavy atom. The summed E-state index contributed by atoms with van der Waals surface area (Å²) in [5.41, 5.74) is 1.87. The fraction of sp³-hybridized carbons (Fsp3) is 0.0526. The summed E-state index contributed by atoms with van der Waals surface area (Å²) in [5.74, 6) is -0.751. The number of hydrogen-bond acceptors (Lipinski definition) is 3. The zero-order valence-electron chi connectivity index (χ0n) is 13.2. The minimum Gasteiger partial charge on any atom is -0.380 e. The normalized spacial score (nSPS) is 10.3. The van der Waals surface area contributed by atoms with Gasteiger partial charge in [0.05, 0.1) is 17.4 Å². The van der Waals surface area contributed by atoms with E-state index in [1.54, 1.807) is 24.4 Å². The molecule has 2 N–H and O–H groups in total. The minimum absolute atomic E-state index is 0.0192. The van der Waals surface area contributed by atoms with E-state index in [4.69, 9.17) is 11.6 Å². The first-order valence-corrected chi connectivity index (χ1v) is 8.00. The number of rotatable bonds is 5. The first-order valence-electron chi connectivity index (χ1n) is 7.62. The molecule has 0 unspecified atom stereocenters. The molecule has 2 aromatic carbocycles. The van der Waals surface area contributed by atoms with Crippen molar-refractivity contribution < 1.29 is 9.18 Å². The Bertz CT molecular complexity index is 867. The SMILES string of the molecule is O=C(Nc1ccc(NCc2ccc(Cl)cc2)cn1)c1ccccc1F. The molecule has 4 nitrogen and oxygen atoms in total. The molecule has 0 saturated heterocycles. The van der Waals surface area contributed by atoms with Gasteiger partial charge in [-0.05, 0) is 42.0 Å². The molecule has 0 bridgehead atoms. The Morgan fingerprint density at radius 3 is 2.48 bits per heavy atom. The predicted octanol–water partition coefficient (Wildman–Crippen LogP) is 4.74. The van der Waals surface area contributed by atoms with Gasteiger partial charge in [-0.1, -0.05) is 35.9 Å². The summed E-state index contributed by atoms with van der Waals surface area (Å²) in [6.07, 6.45) is 1.60. The van der Waals surface area contributed by atoms with Crippen LogP contribution in [0.15, 0.2) is 66.9 Å². The molecule has 0 spiro atoms. The minimum atomic E-state index is -0.568. The van der Waals surface area contributed by atoms with Crippen LogP contribution in [0.25, 0.3) is 0 Å². The summed E-state index contributed by atoms with van der Waals surface area (Å²) in [6.45, 7) is 0.625. The highest BCUT2D eigenvalue weighted by atomic mass is 35.5. The summed E-state index contributed by atoms with van der Waals surface area (Å²) in [7, 11) is 0. The van der Waals surface area contributed by atoms with Gasteiger partial charge in [0.15, 0.2) is 0 Å². The summed E-state index contributed by atoms with van der Waals surface area (Å²) < 4.78 is 13.6. The lowest BCUT2D eigenvalue weighted by atomic mass is 10.2. The number of nitrogens with zero attached hydrogens (tertiary/aromatic N) is 1. The average Bonchev–Trinajstić information content (AvgIpc) is 2.63. The van der Waals surface area contributed by atoms with Crippen molar-refractivity contribution in [3.05, 3.63) is 88.8 Å². The zero-order chi connectivity index (χ0) is 17.6. The van der Waals surface area contributed by atoms with E-state index >= 15 is 0 Å². The Morgan fingerprint density at radius 1 is 1.04 bits per heavy atom. The highest BCUT2D eigenvalue weighted by Gasteiger charge is 2.11. The van der Waals surface area contributed by atoms with Crippen LogP contribution in [0.3, 0.4) is 0 Å². The van der Waals surface area contributed by atoms with Gasteiger partial charge in [-0.15, -0.1) is 0 Å². The summed E-state index contributed by atoms with van der Waals surface area (Å²) >= 11 is 5.85. The maximum absolute atomic E-state index is 13.6. The van der Waals surface area contributed by atoms with Crippen molar-refractivity contribution in [2.45, 2.75) is 6.54 Å². The van der Waals surface area contributed by atoms with Crippen molar-refractivity contribution in [3.63, 3.8) is 0 Å². The number of nitrogens with one attached hydrogen (secondary N) is 2. The van der Waals surface area contributed by atoms with Gasteiger partial charge in [-0.2, -0.15) is 0 Å². The van der Waals surface area contributed by atoms with Crippen LogP contribution >= 0.6 is 11.6 Å². The third-order valence-corrected chi connectivity index (χ3v) is 3.79. The molecule has 0 radical (unpaired) electrons. The maximum Gasteiger partial charge on any atom is 0.259 e. The lowest BCUT2D eigenvalue weighted by molar-refractivity contribution is 0.102. The number of hydrogen-bond donors (Lipinski definition) is 2. The van der Waals surface area contributed by atoms with Gasteiger partial charge >= 0.3 is 0 Å². The van der Waals surface area contributed by atoms with Gasteiger partial charge in [-0.25, -0.2) is 9.37 Å². The molecule has 0 atom stereocenters. The van der Waals surface area contributed by atoms with Crippen molar-refractivity contribution in [3.8, 4) is 0 Å². The number of halogens is 2. The molecule has 1 aromatic heterocycles. The van der Waals surface area contributed by atoms with E-state index in [1.165, 1.54) is 18.2 Å². The molecular weight excluding hydrogens is 341 g/mol. The van der Waals surface area contributed by atoms with Crippen molar-refractivity contribution in [1.82, 2.24) is 4.98 Å². The average molecular weight is 356 g/mol. The zero-order valence-corrected chi connectivity index (χ0v) is 13.9. The van der Waals surface area contributed by atoms with E-state index in [9.17, 15) is 9.18 Å². The van der Waals surface area contributed by atoms with Crippen molar-refractivity contribution in [2.75, 3.05) is 10.6 Å². The first kappa shape index (κ1) is 16.9. The van der Waals surface area contributed by atoms with Crippen LogP contribution in [0, 0.1) is 5.82 Å². The van der Waals surface area contributed by atoms with Crippen LogP contribution in [0.4, 0.5) is 15.9 Å². The van der Waals surface area contributed by atoms with Crippen LogP contribution in [-0.4, -0.2) is 10.9 Å². The Balaban J connectivity index is 1.59. The number of aromatic nitrogens is 1. The van der Waals surface area contributed by atoms with Gasteiger partial charge in [0, 0.05) is 11.6 Å². The van der Waals surface area contributed by atoms with Crippen LogP contribution < -0.4 is 10.6 Å². The molecular formula is C19H15ClFN3O. The van der Waals surface area contributed by atoms with Gasteiger partial charge in [0.1, 0.15) is 11.6 Å². The lowest BCUT2D eigenvalue weighted by Gasteiger charge is -2.08. The van der Waals surface area contributed by atoms with Crippen LogP contribution in [0.1, 0.15) is 15.9 Å². The van der Waals surface area contributed by atoms with Gasteiger partial charge in [0.2, 0.25) is 0 Å². The van der Waals surface area contributed by atoms with E-state index in [2.05, 4.69) is 15.6 Å². The third kappa shape index (κ3) is 4.55. The number of carbonyl (C=O) groups is 1. The van der Waals surface area contributed by atoms with E-state index < -0.39 is 11.7 Å². The quantitative estimate of drug-likeness (QED) is 0.695. The van der Waals surface area contributed by atoms with Crippen LogP contribution in [0.5, 0.6) is 0 Å². The Kier molecular flexibility index (Phi) is 5.26. The maximum atomic E-state index is 13.6. The molecule has 0 aliphatic carbocycles. The van der Waals surface area contributed by atoms with Crippen molar-refractivity contribution >= 4 is 29.0 Å². The third-order valence-electron chi connectivity index (χ3n) is 3.53. The number of benzene rings is 2. The molecule has 0 aliphatic heterocycles. The number of carbonyl (C=O) groups excluding carboxylic acids is 1. The smallest absolute Gasteiger partial charge is 0.259 e. The largest absolute Gasteiger partial charge is 0.380 e. The predicted molar refractivity (Wildman–Crippen MR) is 97.4 cm³/mol.